The molecule has 4 rings (SSSR count). The first-order chi connectivity index (χ1) is 12.2. The average Bonchev–Trinajstić information content (AvgIpc) is 3.22. The molecule has 2 aromatic heterocycles. The van der Waals surface area contributed by atoms with E-state index in [1.807, 2.05) is 34.5 Å². The van der Waals surface area contributed by atoms with E-state index >= 15 is 0 Å². The van der Waals surface area contributed by atoms with Gasteiger partial charge in [-0.25, -0.2) is 4.79 Å². The van der Waals surface area contributed by atoms with Crippen LogP contribution in [0.15, 0.2) is 51.0 Å². The number of hydrogen-bond donors (Lipinski definition) is 0. The van der Waals surface area contributed by atoms with Crippen molar-refractivity contribution < 1.29 is 9.21 Å². The SMILES string of the molecule is O=C(CCCn1c(=O)oc2ccccc21)N(Cc1cccs1)C1CC1. The van der Waals surface area contributed by atoms with Crippen molar-refractivity contribution in [1.29, 1.82) is 0 Å². The summed E-state index contributed by atoms with van der Waals surface area (Å²) in [7, 11) is 0. The molecule has 6 heteroatoms. The lowest BCUT2D eigenvalue weighted by atomic mass is 10.2. The van der Waals surface area contributed by atoms with Gasteiger partial charge in [0.1, 0.15) is 0 Å². The Morgan fingerprint density at radius 2 is 2.08 bits per heavy atom. The minimum absolute atomic E-state index is 0.178. The predicted octanol–water partition coefficient (Wildman–Crippen LogP) is 3.63. The summed E-state index contributed by atoms with van der Waals surface area (Å²) in [5.74, 6) is -0.178. The van der Waals surface area contributed by atoms with E-state index in [1.54, 1.807) is 22.0 Å². The number of hydrogen-bond acceptors (Lipinski definition) is 4. The molecule has 0 spiro atoms. The summed E-state index contributed by atoms with van der Waals surface area (Å²) in [4.78, 5) is 27.8. The van der Waals surface area contributed by atoms with Gasteiger partial charge < -0.3 is 9.32 Å². The van der Waals surface area contributed by atoms with Crippen molar-refractivity contribution in [3.05, 3.63) is 57.2 Å². The summed E-state index contributed by atoms with van der Waals surface area (Å²) < 4.78 is 6.85. The van der Waals surface area contributed by atoms with Crippen LogP contribution < -0.4 is 5.76 Å². The number of carbonyl (C=O) groups is 1. The van der Waals surface area contributed by atoms with Gasteiger partial charge >= 0.3 is 5.76 Å². The van der Waals surface area contributed by atoms with Gasteiger partial charge in [-0.05, 0) is 42.8 Å². The van der Waals surface area contributed by atoms with Crippen molar-refractivity contribution >= 4 is 28.3 Å². The van der Waals surface area contributed by atoms with E-state index in [-0.39, 0.29) is 11.7 Å². The first-order valence-corrected chi connectivity index (χ1v) is 9.50. The van der Waals surface area contributed by atoms with Gasteiger partial charge in [0.05, 0.1) is 12.1 Å². The molecule has 0 radical (unpaired) electrons. The van der Waals surface area contributed by atoms with Gasteiger partial charge in [-0.1, -0.05) is 18.2 Å². The van der Waals surface area contributed by atoms with Crippen molar-refractivity contribution in [3.8, 4) is 0 Å². The summed E-state index contributed by atoms with van der Waals surface area (Å²) in [6.45, 7) is 1.20. The number of thiophene rings is 1. The Morgan fingerprint density at radius 1 is 1.24 bits per heavy atom. The smallest absolute Gasteiger partial charge is 0.408 e. The standard InChI is InChI=1S/C19H20N2O3S/c22-18(21(14-9-10-14)13-15-5-4-12-25-15)8-3-11-20-16-6-1-2-7-17(16)24-19(20)23/h1-2,4-7,12,14H,3,8-11,13H2. The van der Waals surface area contributed by atoms with E-state index in [4.69, 9.17) is 4.42 Å². The Labute approximate surface area is 149 Å². The van der Waals surface area contributed by atoms with Gasteiger partial charge in [-0.2, -0.15) is 0 Å². The van der Waals surface area contributed by atoms with E-state index in [0.717, 1.165) is 18.4 Å². The third kappa shape index (κ3) is 3.54. The molecule has 1 aromatic carbocycles. The number of para-hydroxylation sites is 2. The number of carbonyl (C=O) groups excluding carboxylic acids is 1. The van der Waals surface area contributed by atoms with E-state index in [0.29, 0.717) is 37.6 Å². The van der Waals surface area contributed by atoms with Crippen LogP contribution in [0.2, 0.25) is 0 Å². The van der Waals surface area contributed by atoms with Crippen LogP contribution in [0.3, 0.4) is 0 Å². The predicted molar refractivity (Wildman–Crippen MR) is 97.6 cm³/mol. The summed E-state index contributed by atoms with van der Waals surface area (Å²) >= 11 is 1.69. The van der Waals surface area contributed by atoms with Crippen molar-refractivity contribution in [3.63, 3.8) is 0 Å². The third-order valence-corrected chi connectivity index (χ3v) is 5.42. The van der Waals surface area contributed by atoms with Crippen LogP contribution in [0.25, 0.3) is 11.1 Å². The number of oxazole rings is 1. The highest BCUT2D eigenvalue weighted by Crippen LogP contribution is 2.30. The molecule has 1 aliphatic carbocycles. The monoisotopic (exact) mass is 356 g/mol. The molecule has 0 N–H and O–H groups in total. The summed E-state index contributed by atoms with van der Waals surface area (Å²) in [6.07, 6.45) is 3.29. The van der Waals surface area contributed by atoms with E-state index in [1.165, 1.54) is 4.88 Å². The van der Waals surface area contributed by atoms with Gasteiger partial charge in [0, 0.05) is 23.9 Å². The number of aromatic nitrogens is 1. The maximum atomic E-state index is 12.6. The van der Waals surface area contributed by atoms with Crippen LogP contribution >= 0.6 is 11.3 Å². The second-order valence-electron chi connectivity index (χ2n) is 6.42. The molecule has 0 saturated heterocycles. The minimum atomic E-state index is -0.355. The fourth-order valence-corrected chi connectivity index (χ4v) is 3.84. The highest BCUT2D eigenvalue weighted by atomic mass is 32.1. The summed E-state index contributed by atoms with van der Waals surface area (Å²) in [5.41, 5.74) is 1.38. The van der Waals surface area contributed by atoms with Gasteiger partial charge in [-0.15, -0.1) is 11.3 Å². The van der Waals surface area contributed by atoms with Crippen LogP contribution in [0.4, 0.5) is 0 Å². The number of rotatable bonds is 7. The maximum absolute atomic E-state index is 12.6. The van der Waals surface area contributed by atoms with Crippen molar-refractivity contribution in [1.82, 2.24) is 9.47 Å². The Balaban J connectivity index is 1.39. The van der Waals surface area contributed by atoms with Crippen LogP contribution in [0.5, 0.6) is 0 Å². The summed E-state index contributed by atoms with van der Waals surface area (Å²) in [6, 6.07) is 11.9. The lowest BCUT2D eigenvalue weighted by molar-refractivity contribution is -0.132. The number of aryl methyl sites for hydroxylation is 1. The van der Waals surface area contributed by atoms with Crippen LogP contribution in [0.1, 0.15) is 30.6 Å². The number of nitrogens with zero attached hydrogens (tertiary/aromatic N) is 2. The van der Waals surface area contributed by atoms with Crippen molar-refractivity contribution in [2.24, 2.45) is 0 Å². The quantitative estimate of drug-likeness (QED) is 0.650. The Bertz CT molecular complexity index is 922. The molecule has 130 valence electrons. The molecule has 5 nitrogen and oxygen atoms in total. The Kier molecular flexibility index (Phi) is 4.44. The minimum Gasteiger partial charge on any atom is -0.408 e. The molecular weight excluding hydrogens is 336 g/mol. The van der Waals surface area contributed by atoms with Crippen LogP contribution in [-0.2, 0) is 17.9 Å². The van der Waals surface area contributed by atoms with Gasteiger partial charge in [0.15, 0.2) is 5.58 Å². The molecule has 1 amide bonds. The van der Waals surface area contributed by atoms with E-state index < -0.39 is 0 Å². The molecule has 0 aliphatic heterocycles. The number of fused-ring (bicyclic) bond motifs is 1. The normalized spacial score (nSPS) is 14.1. The summed E-state index contributed by atoms with van der Waals surface area (Å²) in [5, 5.41) is 2.04. The highest BCUT2D eigenvalue weighted by molar-refractivity contribution is 7.09. The first kappa shape index (κ1) is 16.1. The second kappa shape index (κ2) is 6.88. The highest BCUT2D eigenvalue weighted by Gasteiger charge is 2.32. The molecule has 25 heavy (non-hydrogen) atoms. The Hall–Kier alpha value is -2.34. The van der Waals surface area contributed by atoms with Crippen molar-refractivity contribution in [2.45, 2.75) is 44.8 Å². The van der Waals surface area contributed by atoms with Gasteiger partial charge in [-0.3, -0.25) is 9.36 Å². The van der Waals surface area contributed by atoms with E-state index in [9.17, 15) is 9.59 Å². The molecule has 0 bridgehead atoms. The largest absolute Gasteiger partial charge is 0.419 e. The zero-order valence-electron chi connectivity index (χ0n) is 13.9. The molecule has 0 unspecified atom stereocenters. The fraction of sp³-hybridized carbons (Fsp3) is 0.368. The number of benzene rings is 1. The number of amides is 1. The molecule has 1 fully saturated rings. The average molecular weight is 356 g/mol. The maximum Gasteiger partial charge on any atom is 0.419 e. The van der Waals surface area contributed by atoms with Crippen LogP contribution in [-0.4, -0.2) is 21.4 Å². The molecule has 3 aromatic rings. The van der Waals surface area contributed by atoms with Gasteiger partial charge in [0.25, 0.3) is 0 Å². The third-order valence-electron chi connectivity index (χ3n) is 4.56. The topological polar surface area (TPSA) is 55.5 Å². The fourth-order valence-electron chi connectivity index (χ4n) is 3.14. The lowest BCUT2D eigenvalue weighted by Gasteiger charge is -2.21. The first-order valence-electron chi connectivity index (χ1n) is 8.62. The zero-order valence-corrected chi connectivity index (χ0v) is 14.7. The van der Waals surface area contributed by atoms with E-state index in [2.05, 4.69) is 6.07 Å². The second-order valence-corrected chi connectivity index (χ2v) is 7.46. The van der Waals surface area contributed by atoms with Gasteiger partial charge in [0.2, 0.25) is 5.91 Å². The molecular formula is C19H20N2O3S. The molecule has 1 saturated carbocycles. The Morgan fingerprint density at radius 3 is 2.84 bits per heavy atom. The molecule has 2 heterocycles. The zero-order chi connectivity index (χ0) is 17.2. The van der Waals surface area contributed by atoms with Crippen molar-refractivity contribution in [2.75, 3.05) is 0 Å². The molecule has 0 atom stereocenters. The molecule has 1 aliphatic rings. The lowest BCUT2D eigenvalue weighted by Crippen LogP contribution is -2.32. The van der Waals surface area contributed by atoms with Crippen LogP contribution in [0, 0.1) is 0 Å².